The molecule has 1 aromatic rings. The summed E-state index contributed by atoms with van der Waals surface area (Å²) in [6.07, 6.45) is 2.93. The molecule has 0 radical (unpaired) electrons. The fourth-order valence-electron chi connectivity index (χ4n) is 2.59. The molecule has 0 N–H and O–H groups in total. The molecule has 2 rings (SSSR count). The maximum Gasteiger partial charge on any atom is 0.328 e. The molecule has 1 saturated carbocycles. The Morgan fingerprint density at radius 3 is 2.57 bits per heavy atom. The van der Waals surface area contributed by atoms with Gasteiger partial charge in [0.2, 0.25) is 0 Å². The zero-order valence-corrected chi connectivity index (χ0v) is 13.3. The number of hydrogen-bond donors (Lipinski definition) is 0. The van der Waals surface area contributed by atoms with Crippen LogP contribution >= 0.6 is 11.6 Å². The zero-order chi connectivity index (χ0) is 15.6. The summed E-state index contributed by atoms with van der Waals surface area (Å²) in [6, 6.07) is 4.77. The van der Waals surface area contributed by atoms with E-state index in [0.717, 1.165) is 24.8 Å². The highest BCUT2D eigenvalue weighted by Gasteiger charge is 2.36. The predicted molar refractivity (Wildman–Crippen MR) is 81.5 cm³/mol. The first kappa shape index (κ1) is 15.8. The minimum atomic E-state index is -0.591. The Kier molecular flexibility index (Phi) is 4.88. The zero-order valence-electron chi connectivity index (χ0n) is 12.6. The molecule has 21 heavy (non-hydrogen) atoms. The van der Waals surface area contributed by atoms with Gasteiger partial charge >= 0.3 is 5.97 Å². The Labute approximate surface area is 130 Å². The van der Waals surface area contributed by atoms with Crippen LogP contribution in [0.3, 0.4) is 0 Å². The molecule has 1 unspecified atom stereocenters. The average molecular weight is 310 g/mol. The lowest BCUT2D eigenvalue weighted by Gasteiger charge is -2.40. The van der Waals surface area contributed by atoms with Crippen molar-refractivity contribution in [2.45, 2.75) is 45.2 Å². The SMILES string of the molecule is COC(=O)C(C)N(C(=O)c1cccc(Cl)c1C)C1CCC1. The molecule has 1 atom stereocenters. The van der Waals surface area contributed by atoms with Gasteiger partial charge in [-0.15, -0.1) is 0 Å². The Morgan fingerprint density at radius 2 is 2.05 bits per heavy atom. The second kappa shape index (κ2) is 6.48. The lowest BCUT2D eigenvalue weighted by atomic mass is 9.89. The second-order valence-electron chi connectivity index (χ2n) is 5.41. The molecule has 1 aromatic carbocycles. The van der Waals surface area contributed by atoms with E-state index in [4.69, 9.17) is 16.3 Å². The van der Waals surface area contributed by atoms with Gasteiger partial charge in [0.15, 0.2) is 0 Å². The van der Waals surface area contributed by atoms with E-state index in [2.05, 4.69) is 0 Å². The van der Waals surface area contributed by atoms with Crippen molar-refractivity contribution in [3.63, 3.8) is 0 Å². The highest BCUT2D eigenvalue weighted by atomic mass is 35.5. The smallest absolute Gasteiger partial charge is 0.328 e. The highest BCUT2D eigenvalue weighted by Crippen LogP contribution is 2.30. The summed E-state index contributed by atoms with van der Waals surface area (Å²) in [5.41, 5.74) is 1.29. The van der Waals surface area contributed by atoms with Crippen molar-refractivity contribution in [2.24, 2.45) is 0 Å². The first-order valence-electron chi connectivity index (χ1n) is 7.13. The second-order valence-corrected chi connectivity index (χ2v) is 5.82. The molecule has 4 nitrogen and oxygen atoms in total. The van der Waals surface area contributed by atoms with Gasteiger partial charge < -0.3 is 9.64 Å². The molecule has 1 aliphatic rings. The van der Waals surface area contributed by atoms with Crippen molar-refractivity contribution in [2.75, 3.05) is 7.11 Å². The monoisotopic (exact) mass is 309 g/mol. The van der Waals surface area contributed by atoms with Crippen LogP contribution in [0.2, 0.25) is 5.02 Å². The van der Waals surface area contributed by atoms with Gasteiger partial charge in [0, 0.05) is 16.6 Å². The van der Waals surface area contributed by atoms with Crippen LogP contribution in [0, 0.1) is 6.92 Å². The molecule has 0 bridgehead atoms. The number of carbonyl (C=O) groups excluding carboxylic acids is 2. The van der Waals surface area contributed by atoms with Crippen LogP contribution in [0.5, 0.6) is 0 Å². The number of methoxy groups -OCH3 is 1. The Balaban J connectivity index is 2.34. The van der Waals surface area contributed by atoms with Crippen LogP contribution < -0.4 is 0 Å². The third kappa shape index (κ3) is 3.05. The van der Waals surface area contributed by atoms with Crippen molar-refractivity contribution in [3.8, 4) is 0 Å². The number of amides is 1. The number of esters is 1. The van der Waals surface area contributed by atoms with Crippen molar-refractivity contribution >= 4 is 23.5 Å². The van der Waals surface area contributed by atoms with Crippen LogP contribution in [-0.4, -0.2) is 36.0 Å². The topological polar surface area (TPSA) is 46.6 Å². The molecule has 1 aliphatic carbocycles. The van der Waals surface area contributed by atoms with E-state index >= 15 is 0 Å². The first-order chi connectivity index (χ1) is 9.97. The third-order valence-corrected chi connectivity index (χ3v) is 4.57. The van der Waals surface area contributed by atoms with Crippen molar-refractivity contribution in [1.29, 1.82) is 0 Å². The van der Waals surface area contributed by atoms with Crippen molar-refractivity contribution < 1.29 is 14.3 Å². The molecule has 0 heterocycles. The Hall–Kier alpha value is -1.55. The lowest BCUT2D eigenvalue weighted by molar-refractivity contribution is -0.146. The van der Waals surface area contributed by atoms with Gasteiger partial charge in [-0.1, -0.05) is 17.7 Å². The normalized spacial score (nSPS) is 16.0. The molecular weight excluding hydrogens is 290 g/mol. The van der Waals surface area contributed by atoms with E-state index in [0.29, 0.717) is 10.6 Å². The summed E-state index contributed by atoms with van der Waals surface area (Å²) < 4.78 is 4.79. The summed E-state index contributed by atoms with van der Waals surface area (Å²) in [6.45, 7) is 3.53. The fraction of sp³-hybridized carbons (Fsp3) is 0.500. The van der Waals surface area contributed by atoms with E-state index in [1.54, 1.807) is 30.0 Å². The molecule has 0 spiro atoms. The Bertz CT molecular complexity index is 554. The van der Waals surface area contributed by atoms with E-state index in [1.165, 1.54) is 7.11 Å². The van der Waals surface area contributed by atoms with Crippen LogP contribution in [0.15, 0.2) is 18.2 Å². The van der Waals surface area contributed by atoms with Gasteiger partial charge in [0.05, 0.1) is 7.11 Å². The van der Waals surface area contributed by atoms with Crippen LogP contribution in [0.4, 0.5) is 0 Å². The standard InChI is InChI=1S/C16H20ClNO3/c1-10-13(8-5-9-14(10)17)15(19)18(12-6-4-7-12)11(2)16(20)21-3/h5,8-9,11-12H,4,6-7H2,1-3H3. The third-order valence-electron chi connectivity index (χ3n) is 4.16. The largest absolute Gasteiger partial charge is 0.467 e. The number of ether oxygens (including phenoxy) is 1. The van der Waals surface area contributed by atoms with Gasteiger partial charge in [0.25, 0.3) is 5.91 Å². The van der Waals surface area contributed by atoms with Gasteiger partial charge in [-0.25, -0.2) is 4.79 Å². The maximum atomic E-state index is 12.9. The quantitative estimate of drug-likeness (QED) is 0.802. The predicted octanol–water partition coefficient (Wildman–Crippen LogP) is 3.20. The summed E-state index contributed by atoms with van der Waals surface area (Å²) >= 11 is 6.10. The summed E-state index contributed by atoms with van der Waals surface area (Å²) in [5, 5.41) is 0.556. The van der Waals surface area contributed by atoms with E-state index in [9.17, 15) is 9.59 Å². The molecule has 5 heteroatoms. The van der Waals surface area contributed by atoms with Crippen molar-refractivity contribution in [1.82, 2.24) is 4.90 Å². The number of benzene rings is 1. The molecule has 1 fully saturated rings. The molecule has 114 valence electrons. The molecular formula is C16H20ClNO3. The van der Waals surface area contributed by atoms with Gasteiger partial charge in [-0.3, -0.25) is 4.79 Å². The molecule has 1 amide bonds. The molecule has 0 aliphatic heterocycles. The average Bonchev–Trinajstić information content (AvgIpc) is 2.43. The van der Waals surface area contributed by atoms with E-state index < -0.39 is 12.0 Å². The fourth-order valence-corrected chi connectivity index (χ4v) is 2.76. The van der Waals surface area contributed by atoms with Crippen LogP contribution in [0.1, 0.15) is 42.1 Å². The van der Waals surface area contributed by atoms with Crippen molar-refractivity contribution in [3.05, 3.63) is 34.3 Å². The minimum absolute atomic E-state index is 0.102. The molecule has 0 aromatic heterocycles. The van der Waals surface area contributed by atoms with Gasteiger partial charge in [0.1, 0.15) is 6.04 Å². The number of halogens is 1. The van der Waals surface area contributed by atoms with E-state index in [1.807, 2.05) is 6.92 Å². The number of carbonyl (C=O) groups is 2. The van der Waals surface area contributed by atoms with Gasteiger partial charge in [-0.2, -0.15) is 0 Å². The maximum absolute atomic E-state index is 12.9. The summed E-state index contributed by atoms with van der Waals surface area (Å²) in [5.74, 6) is -0.549. The number of nitrogens with zero attached hydrogens (tertiary/aromatic N) is 1. The molecule has 0 saturated heterocycles. The summed E-state index contributed by atoms with van der Waals surface area (Å²) in [7, 11) is 1.34. The van der Waals surface area contributed by atoms with Crippen LogP contribution in [0.25, 0.3) is 0 Å². The first-order valence-corrected chi connectivity index (χ1v) is 7.50. The Morgan fingerprint density at radius 1 is 1.38 bits per heavy atom. The van der Waals surface area contributed by atoms with Crippen LogP contribution in [-0.2, 0) is 9.53 Å². The summed E-state index contributed by atoms with van der Waals surface area (Å²) in [4.78, 5) is 26.4. The highest BCUT2D eigenvalue weighted by molar-refractivity contribution is 6.31. The number of rotatable bonds is 4. The minimum Gasteiger partial charge on any atom is -0.467 e. The number of hydrogen-bond acceptors (Lipinski definition) is 3. The lowest BCUT2D eigenvalue weighted by Crippen LogP contribution is -2.52. The van der Waals surface area contributed by atoms with Gasteiger partial charge in [-0.05, 0) is 50.8 Å². The van der Waals surface area contributed by atoms with E-state index in [-0.39, 0.29) is 11.9 Å².